The van der Waals surface area contributed by atoms with Gasteiger partial charge in [-0.15, -0.1) is 0 Å². The number of piperidine rings is 1. The lowest BCUT2D eigenvalue weighted by atomic mass is 9.96. The molecule has 0 aliphatic carbocycles. The summed E-state index contributed by atoms with van der Waals surface area (Å²) in [6, 6.07) is 11.2. The molecule has 1 aromatic heterocycles. The van der Waals surface area contributed by atoms with Crippen LogP contribution in [0.5, 0.6) is 0 Å². The van der Waals surface area contributed by atoms with Crippen molar-refractivity contribution in [1.82, 2.24) is 15.0 Å². The van der Waals surface area contributed by atoms with Gasteiger partial charge in [-0.25, -0.2) is 0 Å². The molecule has 6 nitrogen and oxygen atoms in total. The molecule has 3 aromatic rings. The number of carbonyl (C=O) groups excluding carboxylic acids is 1. The molecule has 1 fully saturated rings. The molecule has 0 bridgehead atoms. The van der Waals surface area contributed by atoms with Crippen LogP contribution in [0.4, 0.5) is 5.69 Å². The molecule has 8 heteroatoms. The van der Waals surface area contributed by atoms with Crippen LogP contribution < -0.4 is 5.32 Å². The molecule has 1 unspecified atom stereocenters. The first kappa shape index (κ1) is 21.8. The number of nitrogens with zero attached hydrogens (tertiary/aromatic N) is 3. The van der Waals surface area contributed by atoms with Crippen LogP contribution in [0.25, 0.3) is 11.4 Å². The minimum Gasteiger partial charge on any atom is -0.338 e. The van der Waals surface area contributed by atoms with Gasteiger partial charge in [-0.3, -0.25) is 9.69 Å². The van der Waals surface area contributed by atoms with Gasteiger partial charge in [0.1, 0.15) is 0 Å². The van der Waals surface area contributed by atoms with Gasteiger partial charge in [-0.2, -0.15) is 4.98 Å². The summed E-state index contributed by atoms with van der Waals surface area (Å²) in [5.41, 5.74) is 3.74. The normalized spacial score (nSPS) is 17.0. The van der Waals surface area contributed by atoms with Crippen LogP contribution >= 0.6 is 23.2 Å². The van der Waals surface area contributed by atoms with Crippen LogP contribution in [0, 0.1) is 19.8 Å². The fourth-order valence-corrected chi connectivity index (χ4v) is 4.30. The number of anilines is 1. The van der Waals surface area contributed by atoms with Crippen molar-refractivity contribution in [3.8, 4) is 11.4 Å². The summed E-state index contributed by atoms with van der Waals surface area (Å²) >= 11 is 12.2. The Labute approximate surface area is 191 Å². The number of likely N-dealkylation sites (tertiary alicyclic amines) is 1. The molecule has 4 rings (SSSR count). The van der Waals surface area contributed by atoms with E-state index in [-0.39, 0.29) is 11.8 Å². The van der Waals surface area contributed by atoms with Crippen LogP contribution in [-0.4, -0.2) is 34.0 Å². The Morgan fingerprint density at radius 1 is 1.23 bits per heavy atom. The van der Waals surface area contributed by atoms with Gasteiger partial charge in [0.15, 0.2) is 0 Å². The van der Waals surface area contributed by atoms with E-state index < -0.39 is 0 Å². The summed E-state index contributed by atoms with van der Waals surface area (Å²) in [7, 11) is 0. The number of aromatic nitrogens is 2. The SMILES string of the molecule is Cc1ccc(C)c(NC(=O)C2CCCN(Cc3nc(-c4ccc(Cl)cc4Cl)no3)C2)c1. The highest BCUT2D eigenvalue weighted by molar-refractivity contribution is 6.36. The predicted octanol–water partition coefficient (Wildman–Crippen LogP) is 5.51. The van der Waals surface area contributed by atoms with Gasteiger partial charge in [0.25, 0.3) is 0 Å². The maximum atomic E-state index is 12.9. The summed E-state index contributed by atoms with van der Waals surface area (Å²) in [4.78, 5) is 19.5. The van der Waals surface area contributed by atoms with Crippen molar-refractivity contribution in [2.45, 2.75) is 33.2 Å². The molecule has 1 aliphatic rings. The quantitative estimate of drug-likeness (QED) is 0.545. The van der Waals surface area contributed by atoms with Crippen LogP contribution in [0.3, 0.4) is 0 Å². The number of hydrogen-bond donors (Lipinski definition) is 1. The van der Waals surface area contributed by atoms with Crippen molar-refractivity contribution in [3.05, 3.63) is 63.5 Å². The first-order valence-corrected chi connectivity index (χ1v) is 11.0. The number of benzene rings is 2. The lowest BCUT2D eigenvalue weighted by Gasteiger charge is -2.31. The zero-order valence-electron chi connectivity index (χ0n) is 17.5. The molecule has 162 valence electrons. The minimum absolute atomic E-state index is 0.0533. The first-order chi connectivity index (χ1) is 14.9. The summed E-state index contributed by atoms with van der Waals surface area (Å²) in [6.07, 6.45) is 1.80. The van der Waals surface area contributed by atoms with Crippen LogP contribution in [0.2, 0.25) is 10.0 Å². The van der Waals surface area contributed by atoms with Crippen LogP contribution in [-0.2, 0) is 11.3 Å². The molecule has 1 amide bonds. The fourth-order valence-electron chi connectivity index (χ4n) is 3.81. The highest BCUT2D eigenvalue weighted by atomic mass is 35.5. The molecular weight excluding hydrogens is 435 g/mol. The second-order valence-corrected chi connectivity index (χ2v) is 8.86. The van der Waals surface area contributed by atoms with Gasteiger partial charge in [0.2, 0.25) is 17.6 Å². The molecule has 0 radical (unpaired) electrons. The molecule has 2 heterocycles. The Kier molecular flexibility index (Phi) is 6.60. The van der Waals surface area contributed by atoms with Crippen molar-refractivity contribution in [1.29, 1.82) is 0 Å². The van der Waals surface area contributed by atoms with Crippen molar-refractivity contribution in [3.63, 3.8) is 0 Å². The Hall–Kier alpha value is -2.41. The Balaban J connectivity index is 1.39. The third-order valence-electron chi connectivity index (χ3n) is 5.53. The molecule has 1 saturated heterocycles. The fraction of sp³-hybridized carbons (Fsp3) is 0.348. The number of aryl methyl sites for hydroxylation is 2. The Morgan fingerprint density at radius 2 is 2.06 bits per heavy atom. The number of rotatable bonds is 5. The number of hydrogen-bond acceptors (Lipinski definition) is 5. The summed E-state index contributed by atoms with van der Waals surface area (Å²) in [6.45, 7) is 6.05. The second kappa shape index (κ2) is 9.39. The van der Waals surface area contributed by atoms with E-state index in [0.717, 1.165) is 36.2 Å². The molecule has 1 atom stereocenters. The number of nitrogens with one attached hydrogen (secondary N) is 1. The number of halogens is 2. The Bertz CT molecular complexity index is 1100. The van der Waals surface area contributed by atoms with E-state index in [2.05, 4.69) is 20.4 Å². The molecule has 2 aromatic carbocycles. The standard InChI is InChI=1S/C23H24Cl2N4O2/c1-14-5-6-15(2)20(10-14)26-23(30)16-4-3-9-29(12-16)13-21-27-22(28-31-21)18-8-7-17(24)11-19(18)25/h5-8,10-11,16H,3-4,9,12-13H2,1-2H3,(H,26,30). The van der Waals surface area contributed by atoms with E-state index in [1.807, 2.05) is 32.0 Å². The van der Waals surface area contributed by atoms with E-state index in [1.54, 1.807) is 18.2 Å². The van der Waals surface area contributed by atoms with Gasteiger partial charge in [0, 0.05) is 22.8 Å². The first-order valence-electron chi connectivity index (χ1n) is 10.3. The summed E-state index contributed by atoms with van der Waals surface area (Å²) < 4.78 is 5.43. The molecule has 1 N–H and O–H groups in total. The van der Waals surface area contributed by atoms with Gasteiger partial charge < -0.3 is 9.84 Å². The average molecular weight is 459 g/mol. The van der Waals surface area contributed by atoms with Crippen molar-refractivity contribution < 1.29 is 9.32 Å². The van der Waals surface area contributed by atoms with E-state index in [1.165, 1.54) is 0 Å². The maximum absolute atomic E-state index is 12.9. The van der Waals surface area contributed by atoms with E-state index in [0.29, 0.717) is 40.4 Å². The predicted molar refractivity (Wildman–Crippen MR) is 122 cm³/mol. The summed E-state index contributed by atoms with van der Waals surface area (Å²) in [5.74, 6) is 0.897. The number of carbonyl (C=O) groups is 1. The third-order valence-corrected chi connectivity index (χ3v) is 6.07. The third kappa shape index (κ3) is 5.26. The molecular formula is C23H24Cl2N4O2. The maximum Gasteiger partial charge on any atom is 0.241 e. The van der Waals surface area contributed by atoms with Gasteiger partial charge in [-0.05, 0) is 68.6 Å². The molecule has 0 saturated carbocycles. The van der Waals surface area contributed by atoms with E-state index >= 15 is 0 Å². The van der Waals surface area contributed by atoms with Crippen molar-refractivity contribution >= 4 is 34.8 Å². The molecule has 31 heavy (non-hydrogen) atoms. The van der Waals surface area contributed by atoms with Crippen molar-refractivity contribution in [2.24, 2.45) is 5.92 Å². The zero-order chi connectivity index (χ0) is 22.0. The van der Waals surface area contributed by atoms with Gasteiger partial charge in [0.05, 0.1) is 17.5 Å². The summed E-state index contributed by atoms with van der Waals surface area (Å²) in [5, 5.41) is 8.17. The molecule has 1 aliphatic heterocycles. The largest absolute Gasteiger partial charge is 0.338 e. The van der Waals surface area contributed by atoms with Gasteiger partial charge >= 0.3 is 0 Å². The number of amides is 1. The average Bonchev–Trinajstić information content (AvgIpc) is 3.19. The minimum atomic E-state index is -0.0817. The van der Waals surface area contributed by atoms with Crippen molar-refractivity contribution in [2.75, 3.05) is 18.4 Å². The van der Waals surface area contributed by atoms with E-state index in [9.17, 15) is 4.79 Å². The monoisotopic (exact) mass is 458 g/mol. The van der Waals surface area contributed by atoms with Crippen LogP contribution in [0.1, 0.15) is 29.9 Å². The second-order valence-electron chi connectivity index (χ2n) is 8.02. The highest BCUT2D eigenvalue weighted by Gasteiger charge is 2.27. The lowest BCUT2D eigenvalue weighted by molar-refractivity contribution is -0.121. The zero-order valence-corrected chi connectivity index (χ0v) is 19.0. The van der Waals surface area contributed by atoms with Gasteiger partial charge in [-0.1, -0.05) is 40.5 Å². The van der Waals surface area contributed by atoms with E-state index in [4.69, 9.17) is 27.7 Å². The van der Waals surface area contributed by atoms with Crippen LogP contribution in [0.15, 0.2) is 40.9 Å². The Morgan fingerprint density at radius 3 is 2.87 bits per heavy atom. The smallest absolute Gasteiger partial charge is 0.241 e. The topological polar surface area (TPSA) is 71.3 Å². The highest BCUT2D eigenvalue weighted by Crippen LogP contribution is 2.29. The molecule has 0 spiro atoms. The lowest BCUT2D eigenvalue weighted by Crippen LogP contribution is -2.40.